The predicted molar refractivity (Wildman–Crippen MR) is 54.1 cm³/mol. The van der Waals surface area contributed by atoms with E-state index in [4.69, 9.17) is 4.74 Å². The normalized spacial score (nSPS) is 14.9. The number of hydrogen-bond acceptors (Lipinski definition) is 4. The Morgan fingerprint density at radius 2 is 2.21 bits per heavy atom. The Morgan fingerprint density at radius 1 is 1.57 bits per heavy atom. The average Bonchev–Trinajstić information content (AvgIpc) is 2.13. The van der Waals surface area contributed by atoms with Gasteiger partial charge in [-0.1, -0.05) is 0 Å². The zero-order valence-electron chi connectivity index (χ0n) is 9.09. The van der Waals surface area contributed by atoms with Gasteiger partial charge >= 0.3 is 0 Å². The second kappa shape index (κ2) is 6.75. The molecule has 0 aliphatic carbocycles. The quantitative estimate of drug-likeness (QED) is 0.503. The molecule has 0 saturated carbocycles. The molecule has 0 radical (unpaired) electrons. The molecule has 14 heavy (non-hydrogen) atoms. The van der Waals surface area contributed by atoms with E-state index in [0.29, 0.717) is 13.0 Å². The first kappa shape index (κ1) is 13.4. The van der Waals surface area contributed by atoms with Crippen molar-refractivity contribution in [3.8, 4) is 0 Å². The molecule has 0 heterocycles. The molecule has 0 aromatic rings. The van der Waals surface area contributed by atoms with Gasteiger partial charge in [-0.05, 0) is 14.0 Å². The van der Waals surface area contributed by atoms with Crippen LogP contribution in [0.2, 0.25) is 0 Å². The minimum Gasteiger partial charge on any atom is -0.388 e. The van der Waals surface area contributed by atoms with E-state index in [-0.39, 0.29) is 19.0 Å². The highest BCUT2D eigenvalue weighted by Gasteiger charge is 2.20. The van der Waals surface area contributed by atoms with E-state index in [1.54, 1.807) is 21.1 Å². The van der Waals surface area contributed by atoms with Crippen LogP contribution in [0.25, 0.3) is 0 Å². The van der Waals surface area contributed by atoms with Gasteiger partial charge in [-0.25, -0.2) is 0 Å². The Hall–Kier alpha value is -0.650. The topological polar surface area (TPSA) is 70.6 Å². The van der Waals surface area contributed by atoms with Crippen LogP contribution in [0.3, 0.4) is 0 Å². The molecule has 0 aromatic carbocycles. The fourth-order valence-corrected chi connectivity index (χ4v) is 0.922. The maximum Gasteiger partial charge on any atom is 0.234 e. The number of carbonyl (C=O) groups is 1. The van der Waals surface area contributed by atoms with Crippen LogP contribution in [0.1, 0.15) is 13.3 Å². The van der Waals surface area contributed by atoms with E-state index < -0.39 is 5.60 Å². The zero-order chi connectivity index (χ0) is 11.0. The van der Waals surface area contributed by atoms with E-state index in [2.05, 4.69) is 10.6 Å². The van der Waals surface area contributed by atoms with E-state index in [1.165, 1.54) is 0 Å². The predicted octanol–water partition coefficient (Wildman–Crippen LogP) is -0.890. The standard InChI is InChI=1S/C9H20N2O3/c1-9(13,4-5-14-3)7-11-8(12)6-10-2/h10,13H,4-7H2,1-3H3,(H,11,12). The third kappa shape index (κ3) is 6.82. The molecule has 0 aliphatic rings. The summed E-state index contributed by atoms with van der Waals surface area (Å²) in [5.41, 5.74) is -0.903. The lowest BCUT2D eigenvalue weighted by Crippen LogP contribution is -2.43. The molecule has 0 bridgehead atoms. The highest BCUT2D eigenvalue weighted by atomic mass is 16.5. The smallest absolute Gasteiger partial charge is 0.234 e. The third-order valence-electron chi connectivity index (χ3n) is 1.85. The van der Waals surface area contributed by atoms with Crippen molar-refractivity contribution in [2.45, 2.75) is 18.9 Å². The number of aliphatic hydroxyl groups is 1. The molecule has 0 aromatic heterocycles. The van der Waals surface area contributed by atoms with Crippen LogP contribution < -0.4 is 10.6 Å². The minimum absolute atomic E-state index is 0.120. The summed E-state index contributed by atoms with van der Waals surface area (Å²) in [4.78, 5) is 11.0. The van der Waals surface area contributed by atoms with E-state index in [1.807, 2.05) is 0 Å². The Kier molecular flexibility index (Phi) is 6.44. The molecular formula is C9H20N2O3. The fourth-order valence-electron chi connectivity index (χ4n) is 0.922. The number of rotatable bonds is 7. The zero-order valence-corrected chi connectivity index (χ0v) is 9.09. The van der Waals surface area contributed by atoms with E-state index in [0.717, 1.165) is 0 Å². The summed E-state index contributed by atoms with van der Waals surface area (Å²) in [6.07, 6.45) is 0.503. The first-order chi connectivity index (χ1) is 6.52. The molecule has 84 valence electrons. The van der Waals surface area contributed by atoms with Crippen molar-refractivity contribution in [2.75, 3.05) is 33.9 Å². The summed E-state index contributed by atoms with van der Waals surface area (Å²) in [5.74, 6) is -0.120. The molecule has 5 heteroatoms. The summed E-state index contributed by atoms with van der Waals surface area (Å²) in [6.45, 7) is 2.66. The van der Waals surface area contributed by atoms with Crippen molar-refractivity contribution in [1.29, 1.82) is 0 Å². The molecule has 0 saturated heterocycles. The molecule has 1 atom stereocenters. The van der Waals surface area contributed by atoms with Crippen LogP contribution in [0, 0.1) is 0 Å². The highest BCUT2D eigenvalue weighted by Crippen LogP contribution is 2.06. The van der Waals surface area contributed by atoms with Gasteiger partial charge in [0.15, 0.2) is 0 Å². The minimum atomic E-state index is -0.903. The lowest BCUT2D eigenvalue weighted by molar-refractivity contribution is -0.121. The van der Waals surface area contributed by atoms with E-state index >= 15 is 0 Å². The van der Waals surface area contributed by atoms with Gasteiger partial charge in [-0.2, -0.15) is 0 Å². The van der Waals surface area contributed by atoms with Crippen LogP contribution in [0.5, 0.6) is 0 Å². The van der Waals surface area contributed by atoms with Gasteiger partial charge in [0.1, 0.15) is 0 Å². The van der Waals surface area contributed by atoms with Crippen molar-refractivity contribution in [1.82, 2.24) is 10.6 Å². The van der Waals surface area contributed by atoms with Crippen LogP contribution >= 0.6 is 0 Å². The molecule has 1 unspecified atom stereocenters. The molecule has 0 spiro atoms. The van der Waals surface area contributed by atoms with Gasteiger partial charge in [0.25, 0.3) is 0 Å². The first-order valence-corrected chi connectivity index (χ1v) is 4.64. The number of amides is 1. The SMILES string of the molecule is CNCC(=O)NCC(C)(O)CCOC. The lowest BCUT2D eigenvalue weighted by atomic mass is 10.0. The van der Waals surface area contributed by atoms with Crippen molar-refractivity contribution < 1.29 is 14.6 Å². The Bertz CT molecular complexity index is 171. The first-order valence-electron chi connectivity index (χ1n) is 4.64. The van der Waals surface area contributed by atoms with Gasteiger partial charge in [0.05, 0.1) is 12.1 Å². The monoisotopic (exact) mass is 204 g/mol. The average molecular weight is 204 g/mol. The largest absolute Gasteiger partial charge is 0.388 e. The molecular weight excluding hydrogens is 184 g/mol. The third-order valence-corrected chi connectivity index (χ3v) is 1.85. The van der Waals surface area contributed by atoms with Gasteiger partial charge in [0.2, 0.25) is 5.91 Å². The van der Waals surface area contributed by atoms with Crippen molar-refractivity contribution in [3.05, 3.63) is 0 Å². The molecule has 5 nitrogen and oxygen atoms in total. The summed E-state index contributed by atoms with van der Waals surface area (Å²) >= 11 is 0. The van der Waals surface area contributed by atoms with Gasteiger partial charge < -0.3 is 20.5 Å². The van der Waals surface area contributed by atoms with Crippen molar-refractivity contribution >= 4 is 5.91 Å². The molecule has 3 N–H and O–H groups in total. The van der Waals surface area contributed by atoms with Crippen LogP contribution in [0.4, 0.5) is 0 Å². The Labute approximate surface area is 84.8 Å². The summed E-state index contributed by atoms with van der Waals surface area (Å²) in [5, 5.41) is 15.1. The Morgan fingerprint density at radius 3 is 2.71 bits per heavy atom. The maximum absolute atomic E-state index is 11.0. The van der Waals surface area contributed by atoms with Crippen molar-refractivity contribution in [3.63, 3.8) is 0 Å². The van der Waals surface area contributed by atoms with Crippen LogP contribution in [-0.2, 0) is 9.53 Å². The summed E-state index contributed by atoms with van der Waals surface area (Å²) in [7, 11) is 3.28. The van der Waals surface area contributed by atoms with Gasteiger partial charge in [-0.15, -0.1) is 0 Å². The van der Waals surface area contributed by atoms with E-state index in [9.17, 15) is 9.90 Å². The van der Waals surface area contributed by atoms with Crippen LogP contribution in [0.15, 0.2) is 0 Å². The van der Waals surface area contributed by atoms with Crippen molar-refractivity contribution in [2.24, 2.45) is 0 Å². The number of hydrogen-bond donors (Lipinski definition) is 3. The highest BCUT2D eigenvalue weighted by molar-refractivity contribution is 5.77. The Balaban J connectivity index is 3.68. The number of methoxy groups -OCH3 is 1. The fraction of sp³-hybridized carbons (Fsp3) is 0.889. The molecule has 0 aliphatic heterocycles. The number of nitrogens with one attached hydrogen (secondary N) is 2. The maximum atomic E-state index is 11.0. The summed E-state index contributed by atoms with van der Waals surface area (Å²) < 4.78 is 4.85. The molecule has 0 fully saturated rings. The number of likely N-dealkylation sites (N-methyl/N-ethyl adjacent to an activating group) is 1. The molecule has 1 amide bonds. The second-order valence-corrected chi connectivity index (χ2v) is 3.55. The number of ether oxygens (including phenoxy) is 1. The number of carbonyl (C=O) groups excluding carboxylic acids is 1. The summed E-state index contributed by atoms with van der Waals surface area (Å²) in [6, 6.07) is 0. The van der Waals surface area contributed by atoms with Gasteiger partial charge in [0, 0.05) is 26.7 Å². The van der Waals surface area contributed by atoms with Crippen LogP contribution in [-0.4, -0.2) is 50.5 Å². The second-order valence-electron chi connectivity index (χ2n) is 3.55. The molecule has 0 rings (SSSR count). The lowest BCUT2D eigenvalue weighted by Gasteiger charge is -2.23. The van der Waals surface area contributed by atoms with Gasteiger partial charge in [-0.3, -0.25) is 4.79 Å².